The van der Waals surface area contributed by atoms with Crippen molar-refractivity contribution < 1.29 is 0 Å². The molecule has 12 heavy (non-hydrogen) atoms. The van der Waals surface area contributed by atoms with Crippen molar-refractivity contribution in [2.75, 3.05) is 11.9 Å². The summed E-state index contributed by atoms with van der Waals surface area (Å²) in [6, 6.07) is 0. The lowest BCUT2D eigenvalue weighted by Crippen LogP contribution is -2.10. The van der Waals surface area contributed by atoms with Crippen molar-refractivity contribution >= 4 is 17.5 Å². The summed E-state index contributed by atoms with van der Waals surface area (Å²) in [6.07, 6.45) is 3.16. The Morgan fingerprint density at radius 3 is 2.50 bits per heavy atom. The van der Waals surface area contributed by atoms with E-state index in [-0.39, 0.29) is 0 Å². The van der Waals surface area contributed by atoms with Crippen molar-refractivity contribution in [2.24, 2.45) is 5.92 Å². The van der Waals surface area contributed by atoms with E-state index in [1.54, 1.807) is 12.4 Å². The largest absolute Gasteiger partial charge is 0.354 e. The lowest BCUT2D eigenvalue weighted by atomic mass is 10.2. The van der Waals surface area contributed by atoms with Gasteiger partial charge in [-0.05, 0) is 5.92 Å². The first-order chi connectivity index (χ1) is 5.68. The molecule has 0 saturated heterocycles. The molecule has 0 radical (unpaired) electrons. The second-order valence-corrected chi connectivity index (χ2v) is 3.44. The number of hydrogen-bond acceptors (Lipinski definition) is 3. The van der Waals surface area contributed by atoms with Crippen LogP contribution in [-0.4, -0.2) is 16.5 Å². The van der Waals surface area contributed by atoms with Gasteiger partial charge in [-0.3, -0.25) is 0 Å². The Hall–Kier alpha value is -0.830. The van der Waals surface area contributed by atoms with Crippen LogP contribution in [0.15, 0.2) is 12.4 Å². The Bertz CT molecular complexity index is 233. The fourth-order valence-corrected chi connectivity index (χ4v) is 0.797. The average molecular weight is 186 g/mol. The van der Waals surface area contributed by atoms with E-state index < -0.39 is 0 Å². The van der Waals surface area contributed by atoms with E-state index in [1.807, 2.05) is 0 Å². The maximum Gasteiger partial charge on any atom is 0.222 e. The zero-order valence-corrected chi connectivity index (χ0v) is 7.97. The van der Waals surface area contributed by atoms with Crippen molar-refractivity contribution in [3.8, 4) is 0 Å². The van der Waals surface area contributed by atoms with Gasteiger partial charge in [0.15, 0.2) is 0 Å². The lowest BCUT2D eigenvalue weighted by Gasteiger charge is -2.05. The van der Waals surface area contributed by atoms with E-state index in [9.17, 15) is 0 Å². The van der Waals surface area contributed by atoms with Crippen LogP contribution in [0.5, 0.6) is 0 Å². The van der Waals surface area contributed by atoms with Gasteiger partial charge in [-0.2, -0.15) is 0 Å². The number of anilines is 1. The fraction of sp³-hybridized carbons (Fsp3) is 0.500. The third-order valence-corrected chi connectivity index (χ3v) is 1.48. The third-order valence-electron chi connectivity index (χ3n) is 1.29. The Balaban J connectivity index is 2.48. The number of aromatic nitrogens is 2. The molecule has 0 aliphatic rings. The van der Waals surface area contributed by atoms with Crippen molar-refractivity contribution in [3.63, 3.8) is 0 Å². The topological polar surface area (TPSA) is 37.8 Å². The number of hydrogen-bond donors (Lipinski definition) is 1. The molecule has 1 N–H and O–H groups in total. The van der Waals surface area contributed by atoms with E-state index in [0.717, 1.165) is 6.54 Å². The second kappa shape index (κ2) is 4.26. The van der Waals surface area contributed by atoms with Crippen LogP contribution in [0.1, 0.15) is 13.8 Å². The molecule has 3 nitrogen and oxygen atoms in total. The quantitative estimate of drug-likeness (QED) is 0.785. The van der Waals surface area contributed by atoms with Crippen molar-refractivity contribution in [1.82, 2.24) is 9.97 Å². The Morgan fingerprint density at radius 1 is 1.42 bits per heavy atom. The molecule has 0 spiro atoms. The molecule has 1 rings (SSSR count). The van der Waals surface area contributed by atoms with E-state index in [4.69, 9.17) is 11.6 Å². The van der Waals surface area contributed by atoms with Gasteiger partial charge in [0.25, 0.3) is 0 Å². The maximum absolute atomic E-state index is 5.62. The van der Waals surface area contributed by atoms with Crippen LogP contribution in [0.3, 0.4) is 0 Å². The zero-order valence-electron chi connectivity index (χ0n) is 7.21. The van der Waals surface area contributed by atoms with Crippen LogP contribution >= 0.6 is 11.6 Å². The highest BCUT2D eigenvalue weighted by molar-refractivity contribution is 6.30. The average Bonchev–Trinajstić information content (AvgIpc) is 2.03. The molecule has 0 amide bonds. The molecule has 0 atom stereocenters. The van der Waals surface area contributed by atoms with Crippen LogP contribution in [0.25, 0.3) is 0 Å². The van der Waals surface area contributed by atoms with Crippen LogP contribution in [-0.2, 0) is 0 Å². The molecule has 0 aromatic carbocycles. The summed E-state index contributed by atoms with van der Waals surface area (Å²) >= 11 is 5.62. The standard InChI is InChI=1S/C8H12ClN3/c1-6(2)3-10-8-11-4-7(9)5-12-8/h4-6H,3H2,1-2H3,(H,10,11,12). The van der Waals surface area contributed by atoms with Gasteiger partial charge in [0, 0.05) is 6.54 Å². The summed E-state index contributed by atoms with van der Waals surface area (Å²) < 4.78 is 0. The van der Waals surface area contributed by atoms with Gasteiger partial charge in [0.1, 0.15) is 0 Å². The van der Waals surface area contributed by atoms with Gasteiger partial charge in [-0.25, -0.2) is 9.97 Å². The summed E-state index contributed by atoms with van der Waals surface area (Å²) in [7, 11) is 0. The number of halogens is 1. The van der Waals surface area contributed by atoms with Crippen LogP contribution in [0.2, 0.25) is 5.02 Å². The van der Waals surface area contributed by atoms with Crippen LogP contribution in [0, 0.1) is 5.92 Å². The van der Waals surface area contributed by atoms with E-state index >= 15 is 0 Å². The lowest BCUT2D eigenvalue weighted by molar-refractivity contribution is 0.684. The summed E-state index contributed by atoms with van der Waals surface area (Å²) in [5, 5.41) is 3.65. The highest BCUT2D eigenvalue weighted by atomic mass is 35.5. The van der Waals surface area contributed by atoms with Crippen molar-refractivity contribution in [3.05, 3.63) is 17.4 Å². The Morgan fingerprint density at radius 2 is 2.00 bits per heavy atom. The Kier molecular flexibility index (Phi) is 3.29. The summed E-state index contributed by atoms with van der Waals surface area (Å²) in [5.41, 5.74) is 0. The zero-order chi connectivity index (χ0) is 8.97. The number of rotatable bonds is 3. The van der Waals surface area contributed by atoms with Gasteiger partial charge in [-0.15, -0.1) is 0 Å². The minimum atomic E-state index is 0.560. The first-order valence-electron chi connectivity index (χ1n) is 3.90. The molecule has 1 heterocycles. The van der Waals surface area contributed by atoms with Crippen molar-refractivity contribution in [1.29, 1.82) is 0 Å². The fourth-order valence-electron chi connectivity index (χ4n) is 0.699. The van der Waals surface area contributed by atoms with Gasteiger partial charge >= 0.3 is 0 Å². The van der Waals surface area contributed by atoms with Crippen molar-refractivity contribution in [2.45, 2.75) is 13.8 Å². The SMILES string of the molecule is CC(C)CNc1ncc(Cl)cn1. The second-order valence-electron chi connectivity index (χ2n) is 3.00. The third kappa shape index (κ3) is 3.05. The number of nitrogens with one attached hydrogen (secondary N) is 1. The molecule has 0 saturated carbocycles. The smallest absolute Gasteiger partial charge is 0.222 e. The molecule has 1 aromatic rings. The van der Waals surface area contributed by atoms with Crippen LogP contribution in [0.4, 0.5) is 5.95 Å². The molecule has 0 fully saturated rings. The molecule has 0 aliphatic heterocycles. The molecular weight excluding hydrogens is 174 g/mol. The highest BCUT2D eigenvalue weighted by Gasteiger charge is 1.96. The normalized spacial score (nSPS) is 10.3. The summed E-state index contributed by atoms with van der Waals surface area (Å²) in [4.78, 5) is 7.99. The summed E-state index contributed by atoms with van der Waals surface area (Å²) in [6.45, 7) is 5.13. The minimum Gasteiger partial charge on any atom is -0.354 e. The first kappa shape index (κ1) is 9.26. The molecule has 4 heteroatoms. The van der Waals surface area contributed by atoms with Gasteiger partial charge in [-0.1, -0.05) is 25.4 Å². The molecule has 0 unspecified atom stereocenters. The predicted molar refractivity (Wildman–Crippen MR) is 50.4 cm³/mol. The molecular formula is C8H12ClN3. The monoisotopic (exact) mass is 185 g/mol. The number of nitrogens with zero attached hydrogens (tertiary/aromatic N) is 2. The summed E-state index contributed by atoms with van der Waals surface area (Å²) in [5.74, 6) is 1.22. The molecule has 1 aromatic heterocycles. The highest BCUT2D eigenvalue weighted by Crippen LogP contribution is 2.05. The first-order valence-corrected chi connectivity index (χ1v) is 4.27. The van der Waals surface area contributed by atoms with Gasteiger partial charge in [0.2, 0.25) is 5.95 Å². The predicted octanol–water partition coefficient (Wildman–Crippen LogP) is 2.20. The van der Waals surface area contributed by atoms with E-state index in [2.05, 4.69) is 29.1 Å². The molecule has 66 valence electrons. The molecule has 0 aliphatic carbocycles. The molecule has 0 bridgehead atoms. The van der Waals surface area contributed by atoms with Gasteiger partial charge in [0.05, 0.1) is 17.4 Å². The Labute approximate surface area is 77.2 Å². The maximum atomic E-state index is 5.62. The minimum absolute atomic E-state index is 0.560. The van der Waals surface area contributed by atoms with E-state index in [1.165, 1.54) is 0 Å². The van der Waals surface area contributed by atoms with Gasteiger partial charge < -0.3 is 5.32 Å². The van der Waals surface area contributed by atoms with Crippen LogP contribution < -0.4 is 5.32 Å². The van der Waals surface area contributed by atoms with E-state index in [0.29, 0.717) is 16.9 Å².